The lowest BCUT2D eigenvalue weighted by Gasteiger charge is -2.55. The predicted octanol–water partition coefficient (Wildman–Crippen LogP) is 2.98. The maximum absolute atomic E-state index is 2.90. The van der Waals surface area contributed by atoms with E-state index in [1.807, 2.05) is 0 Å². The molecule has 0 aromatic rings. The summed E-state index contributed by atoms with van der Waals surface area (Å²) in [7, 11) is 0. The van der Waals surface area contributed by atoms with Gasteiger partial charge in [-0.15, -0.1) is 0 Å². The van der Waals surface area contributed by atoms with E-state index < -0.39 is 0 Å². The van der Waals surface area contributed by atoms with Crippen LogP contribution in [0.15, 0.2) is 0 Å². The molecule has 0 radical (unpaired) electrons. The normalized spacial score (nSPS) is 42.7. The molecule has 2 nitrogen and oxygen atoms in total. The second-order valence-electron chi connectivity index (χ2n) is 7.38. The first-order chi connectivity index (χ1) is 8.65. The highest BCUT2D eigenvalue weighted by Gasteiger charge is 2.42. The van der Waals surface area contributed by atoms with Crippen molar-refractivity contribution in [2.45, 2.75) is 71.0 Å². The average molecular weight is 250 g/mol. The topological polar surface area (TPSA) is 6.48 Å². The van der Waals surface area contributed by atoms with Crippen LogP contribution in [0.3, 0.4) is 0 Å². The van der Waals surface area contributed by atoms with Gasteiger partial charge in [0, 0.05) is 31.2 Å². The van der Waals surface area contributed by atoms with Crippen molar-refractivity contribution in [2.75, 3.05) is 19.6 Å². The zero-order chi connectivity index (χ0) is 12.7. The number of piperidine rings is 1. The molecule has 104 valence electrons. The molecule has 0 amide bonds. The first-order valence-electron chi connectivity index (χ1n) is 8.15. The van der Waals surface area contributed by atoms with Gasteiger partial charge in [0.2, 0.25) is 0 Å². The Hall–Kier alpha value is -0.0800. The molecule has 2 saturated heterocycles. The molecule has 0 aromatic heterocycles. The van der Waals surface area contributed by atoms with Gasteiger partial charge in [0.1, 0.15) is 0 Å². The van der Waals surface area contributed by atoms with Crippen molar-refractivity contribution >= 4 is 0 Å². The monoisotopic (exact) mass is 250 g/mol. The molecule has 2 atom stereocenters. The zero-order valence-electron chi connectivity index (χ0n) is 12.4. The lowest BCUT2D eigenvalue weighted by atomic mass is 9.78. The number of hydrogen-bond donors (Lipinski definition) is 0. The number of piperazine rings is 1. The van der Waals surface area contributed by atoms with E-state index in [2.05, 4.69) is 30.6 Å². The van der Waals surface area contributed by atoms with Gasteiger partial charge in [0.15, 0.2) is 0 Å². The van der Waals surface area contributed by atoms with Crippen LogP contribution in [0.1, 0.15) is 52.9 Å². The van der Waals surface area contributed by atoms with Crippen LogP contribution in [-0.4, -0.2) is 47.6 Å². The molecule has 18 heavy (non-hydrogen) atoms. The van der Waals surface area contributed by atoms with Crippen LogP contribution in [-0.2, 0) is 0 Å². The van der Waals surface area contributed by atoms with Gasteiger partial charge in [-0.1, -0.05) is 27.2 Å². The second-order valence-corrected chi connectivity index (χ2v) is 7.38. The molecule has 2 heterocycles. The molecule has 2 unspecified atom stereocenters. The van der Waals surface area contributed by atoms with Crippen LogP contribution in [0.25, 0.3) is 0 Å². The average Bonchev–Trinajstić information content (AvgIpc) is 2.33. The minimum absolute atomic E-state index is 0.809. The quantitative estimate of drug-likeness (QED) is 0.743. The van der Waals surface area contributed by atoms with Gasteiger partial charge < -0.3 is 0 Å². The molecule has 1 aliphatic carbocycles. The molecule has 2 aliphatic heterocycles. The summed E-state index contributed by atoms with van der Waals surface area (Å²) in [6.45, 7) is 11.3. The molecular weight excluding hydrogens is 220 g/mol. The van der Waals surface area contributed by atoms with Crippen molar-refractivity contribution < 1.29 is 0 Å². The summed E-state index contributed by atoms with van der Waals surface area (Å²) in [5, 5.41) is 0. The Balaban J connectivity index is 1.69. The van der Waals surface area contributed by atoms with Crippen LogP contribution in [0.2, 0.25) is 0 Å². The third kappa shape index (κ3) is 2.34. The van der Waals surface area contributed by atoms with Gasteiger partial charge in [-0.25, -0.2) is 0 Å². The maximum atomic E-state index is 2.90. The molecule has 2 heteroatoms. The largest absolute Gasteiger partial charge is 0.298 e. The first-order valence-corrected chi connectivity index (χ1v) is 8.15. The highest BCUT2D eigenvalue weighted by Crippen LogP contribution is 2.37. The Morgan fingerprint density at radius 2 is 1.78 bits per heavy atom. The van der Waals surface area contributed by atoms with Crippen molar-refractivity contribution in [1.82, 2.24) is 9.80 Å². The smallest absolute Gasteiger partial charge is 0.0249 e. The van der Waals surface area contributed by atoms with E-state index >= 15 is 0 Å². The highest BCUT2D eigenvalue weighted by atomic mass is 15.3. The molecule has 3 rings (SSSR count). The maximum Gasteiger partial charge on any atom is 0.0249 e. The van der Waals surface area contributed by atoms with Gasteiger partial charge in [-0.3, -0.25) is 9.80 Å². The molecular formula is C16H30N2. The van der Waals surface area contributed by atoms with Crippen molar-refractivity contribution in [3.63, 3.8) is 0 Å². The van der Waals surface area contributed by atoms with Gasteiger partial charge in [-0.2, -0.15) is 0 Å². The fourth-order valence-corrected chi connectivity index (χ4v) is 4.38. The molecule has 3 fully saturated rings. The summed E-state index contributed by atoms with van der Waals surface area (Å²) >= 11 is 0. The Morgan fingerprint density at radius 1 is 1.00 bits per heavy atom. The van der Waals surface area contributed by atoms with E-state index in [9.17, 15) is 0 Å². The third-order valence-corrected chi connectivity index (χ3v) is 5.61. The van der Waals surface area contributed by atoms with E-state index in [4.69, 9.17) is 0 Å². The minimum atomic E-state index is 0.809. The predicted molar refractivity (Wildman–Crippen MR) is 76.7 cm³/mol. The van der Waals surface area contributed by atoms with Crippen LogP contribution in [0.4, 0.5) is 0 Å². The van der Waals surface area contributed by atoms with Crippen molar-refractivity contribution in [3.05, 3.63) is 0 Å². The first kappa shape index (κ1) is 12.9. The van der Waals surface area contributed by atoms with E-state index in [1.165, 1.54) is 51.7 Å². The molecule has 3 aliphatic rings. The van der Waals surface area contributed by atoms with E-state index in [1.54, 1.807) is 0 Å². The molecule has 0 spiro atoms. The fraction of sp³-hybridized carbons (Fsp3) is 1.00. The molecule has 1 saturated carbocycles. The molecule has 0 aromatic carbocycles. The molecule has 0 N–H and O–H groups in total. The van der Waals surface area contributed by atoms with E-state index in [0.717, 1.165) is 30.0 Å². The lowest BCUT2D eigenvalue weighted by molar-refractivity contribution is -0.0578. The van der Waals surface area contributed by atoms with Gasteiger partial charge in [-0.05, 0) is 44.1 Å². The zero-order valence-corrected chi connectivity index (χ0v) is 12.4. The summed E-state index contributed by atoms with van der Waals surface area (Å²) in [4.78, 5) is 5.70. The Labute approximate surface area is 113 Å². The number of fused-ring (bicyclic) bond motifs is 1. The summed E-state index contributed by atoms with van der Waals surface area (Å²) in [6.07, 6.45) is 7.25. The summed E-state index contributed by atoms with van der Waals surface area (Å²) in [6, 6.07) is 2.61. The van der Waals surface area contributed by atoms with E-state index in [0.29, 0.717) is 0 Å². The highest BCUT2D eigenvalue weighted by molar-refractivity contribution is 4.97. The van der Waals surface area contributed by atoms with Crippen molar-refractivity contribution in [2.24, 2.45) is 11.8 Å². The van der Waals surface area contributed by atoms with E-state index in [-0.39, 0.29) is 0 Å². The second kappa shape index (κ2) is 5.13. The summed E-state index contributed by atoms with van der Waals surface area (Å²) < 4.78 is 0. The van der Waals surface area contributed by atoms with Crippen LogP contribution in [0.5, 0.6) is 0 Å². The lowest BCUT2D eigenvalue weighted by Crippen LogP contribution is -2.64. The van der Waals surface area contributed by atoms with Crippen molar-refractivity contribution in [3.8, 4) is 0 Å². The fourth-order valence-electron chi connectivity index (χ4n) is 4.38. The molecule has 0 bridgehead atoms. The van der Waals surface area contributed by atoms with Gasteiger partial charge in [0.05, 0.1) is 0 Å². The Bertz CT molecular complexity index is 283. The standard InChI is InChI=1S/C16H30N2/c1-12(2)16-11-17-7-5-4-6-14(17)10-18(16)15-8-13(3)9-15/h12-16H,4-11H2,1-3H3. The SMILES string of the molecule is CC1CC(N2CC3CCCCN3CC2C(C)C)C1. The van der Waals surface area contributed by atoms with Crippen LogP contribution in [0, 0.1) is 11.8 Å². The number of hydrogen-bond acceptors (Lipinski definition) is 2. The van der Waals surface area contributed by atoms with Crippen molar-refractivity contribution in [1.29, 1.82) is 0 Å². The Kier molecular flexibility index (Phi) is 3.68. The van der Waals surface area contributed by atoms with Gasteiger partial charge >= 0.3 is 0 Å². The summed E-state index contributed by atoms with van der Waals surface area (Å²) in [5.74, 6) is 1.79. The third-order valence-electron chi connectivity index (χ3n) is 5.61. The Morgan fingerprint density at radius 3 is 2.44 bits per heavy atom. The number of nitrogens with zero attached hydrogens (tertiary/aromatic N) is 2. The summed E-state index contributed by atoms with van der Waals surface area (Å²) in [5.41, 5.74) is 0. The van der Waals surface area contributed by atoms with Crippen LogP contribution >= 0.6 is 0 Å². The minimum Gasteiger partial charge on any atom is -0.298 e. The number of rotatable bonds is 2. The van der Waals surface area contributed by atoms with Crippen LogP contribution < -0.4 is 0 Å². The van der Waals surface area contributed by atoms with Gasteiger partial charge in [0.25, 0.3) is 0 Å².